The van der Waals surface area contributed by atoms with Gasteiger partial charge in [0.15, 0.2) is 0 Å². The molecule has 1 amide bonds. The van der Waals surface area contributed by atoms with Gasteiger partial charge in [-0.15, -0.1) is 0 Å². The molecule has 4 rings (SSSR count). The molecule has 0 aliphatic carbocycles. The summed E-state index contributed by atoms with van der Waals surface area (Å²) in [6.07, 6.45) is -0.742. The molecule has 3 aromatic rings. The van der Waals surface area contributed by atoms with Crippen LogP contribution >= 0.6 is 11.6 Å². The molecule has 1 saturated heterocycles. The highest BCUT2D eigenvalue weighted by Gasteiger charge is 2.35. The number of piperazine rings is 1. The number of halogens is 1. The van der Waals surface area contributed by atoms with Crippen molar-refractivity contribution in [2.75, 3.05) is 43.5 Å². The fourth-order valence-corrected chi connectivity index (χ4v) is 4.30. The van der Waals surface area contributed by atoms with Crippen molar-refractivity contribution in [3.05, 3.63) is 88.9 Å². The zero-order valence-electron chi connectivity index (χ0n) is 18.7. The van der Waals surface area contributed by atoms with Crippen LogP contribution in [0.2, 0.25) is 5.02 Å². The lowest BCUT2D eigenvalue weighted by Gasteiger charge is -2.42. The zero-order valence-corrected chi connectivity index (χ0v) is 19.4. The third kappa shape index (κ3) is 5.69. The topological polar surface area (TPSA) is 99.3 Å². The summed E-state index contributed by atoms with van der Waals surface area (Å²) in [4.78, 5) is 17.1. The fourth-order valence-electron chi connectivity index (χ4n) is 4.17. The average molecular weight is 482 g/mol. The maximum Gasteiger partial charge on any atom is 0.241 e. The van der Waals surface area contributed by atoms with Gasteiger partial charge in [0.05, 0.1) is 25.3 Å². The van der Waals surface area contributed by atoms with Crippen molar-refractivity contribution in [1.82, 2.24) is 4.90 Å². The highest BCUT2D eigenvalue weighted by molar-refractivity contribution is 6.30. The molecule has 1 aliphatic rings. The maximum atomic E-state index is 13.4. The highest BCUT2D eigenvalue weighted by atomic mass is 35.5. The molecule has 2 atom stereocenters. The van der Waals surface area contributed by atoms with Crippen LogP contribution < -0.4 is 15.4 Å². The first-order chi connectivity index (χ1) is 16.4. The van der Waals surface area contributed by atoms with Crippen LogP contribution in [-0.2, 0) is 4.79 Å². The van der Waals surface area contributed by atoms with Crippen molar-refractivity contribution >= 4 is 28.9 Å². The summed E-state index contributed by atoms with van der Waals surface area (Å²) in [5.41, 5.74) is 8.84. The normalized spacial score (nSPS) is 17.6. The van der Waals surface area contributed by atoms with Gasteiger partial charge >= 0.3 is 0 Å². The molecule has 0 bridgehead atoms. The van der Waals surface area contributed by atoms with Gasteiger partial charge in [-0.25, -0.2) is 0 Å². The van der Waals surface area contributed by atoms with Gasteiger partial charge < -0.3 is 25.6 Å². The SMILES string of the molecule is Nc1ccc(C(O)CN2CC(=O)N(c3ccc(OCCO)cc3)C(c3ccc(Cl)cc3)C2)cc1. The lowest BCUT2D eigenvalue weighted by molar-refractivity contribution is -0.122. The van der Waals surface area contributed by atoms with E-state index in [2.05, 4.69) is 0 Å². The van der Waals surface area contributed by atoms with Gasteiger partial charge in [-0.05, 0) is 59.7 Å². The molecular weight excluding hydrogens is 454 g/mol. The Morgan fingerprint density at radius 1 is 1.03 bits per heavy atom. The molecular formula is C26H28ClN3O4. The number of nitrogens with zero attached hydrogens (tertiary/aromatic N) is 2. The number of ether oxygens (including phenoxy) is 1. The van der Waals surface area contributed by atoms with Gasteiger partial charge in [-0.1, -0.05) is 35.9 Å². The van der Waals surface area contributed by atoms with Crippen molar-refractivity contribution in [2.24, 2.45) is 0 Å². The van der Waals surface area contributed by atoms with Crippen molar-refractivity contribution in [3.63, 3.8) is 0 Å². The predicted molar refractivity (Wildman–Crippen MR) is 133 cm³/mol. The maximum absolute atomic E-state index is 13.4. The highest BCUT2D eigenvalue weighted by Crippen LogP contribution is 2.33. The van der Waals surface area contributed by atoms with Crippen molar-refractivity contribution in [3.8, 4) is 5.75 Å². The minimum Gasteiger partial charge on any atom is -0.491 e. The lowest BCUT2D eigenvalue weighted by Crippen LogP contribution is -2.53. The Morgan fingerprint density at radius 3 is 2.35 bits per heavy atom. The van der Waals surface area contributed by atoms with E-state index in [-0.39, 0.29) is 31.7 Å². The van der Waals surface area contributed by atoms with E-state index in [4.69, 9.17) is 27.2 Å². The first kappa shape index (κ1) is 24.0. The second-order valence-electron chi connectivity index (χ2n) is 8.27. The van der Waals surface area contributed by atoms with E-state index >= 15 is 0 Å². The first-order valence-corrected chi connectivity index (χ1v) is 11.5. The Labute approximate surface area is 203 Å². The van der Waals surface area contributed by atoms with E-state index in [0.29, 0.717) is 29.5 Å². The summed E-state index contributed by atoms with van der Waals surface area (Å²) in [6, 6.07) is 21.6. The smallest absolute Gasteiger partial charge is 0.241 e. The molecule has 1 aliphatic heterocycles. The van der Waals surface area contributed by atoms with Gasteiger partial charge in [0, 0.05) is 29.5 Å². The van der Waals surface area contributed by atoms with Crippen LogP contribution in [0.5, 0.6) is 5.75 Å². The van der Waals surface area contributed by atoms with Crippen LogP contribution in [0.15, 0.2) is 72.8 Å². The summed E-state index contributed by atoms with van der Waals surface area (Å²) in [7, 11) is 0. The predicted octanol–water partition coefficient (Wildman–Crippen LogP) is 3.42. The van der Waals surface area contributed by atoms with E-state index in [1.807, 2.05) is 41.3 Å². The largest absolute Gasteiger partial charge is 0.491 e. The molecule has 34 heavy (non-hydrogen) atoms. The number of benzene rings is 3. The second kappa shape index (κ2) is 10.9. The summed E-state index contributed by atoms with van der Waals surface area (Å²) >= 11 is 6.10. The van der Waals surface area contributed by atoms with Gasteiger partial charge in [-0.2, -0.15) is 0 Å². The van der Waals surface area contributed by atoms with Gasteiger partial charge in [0.2, 0.25) is 5.91 Å². The summed E-state index contributed by atoms with van der Waals surface area (Å²) in [5.74, 6) is 0.554. The molecule has 8 heteroatoms. The number of amides is 1. The average Bonchev–Trinajstić information content (AvgIpc) is 2.84. The van der Waals surface area contributed by atoms with Crippen molar-refractivity contribution in [2.45, 2.75) is 12.1 Å². The van der Waals surface area contributed by atoms with Crippen LogP contribution in [-0.4, -0.2) is 53.9 Å². The Bertz CT molecular complexity index is 1090. The molecule has 1 heterocycles. The third-order valence-corrected chi connectivity index (χ3v) is 6.10. The van der Waals surface area contributed by atoms with Crippen molar-refractivity contribution < 1.29 is 19.7 Å². The molecule has 178 valence electrons. The molecule has 7 nitrogen and oxygen atoms in total. The summed E-state index contributed by atoms with van der Waals surface area (Å²) in [5, 5.41) is 20.4. The first-order valence-electron chi connectivity index (χ1n) is 11.1. The number of carbonyl (C=O) groups excluding carboxylic acids is 1. The fraction of sp³-hybridized carbons (Fsp3) is 0.269. The van der Waals surface area contributed by atoms with E-state index in [1.165, 1.54) is 0 Å². The molecule has 0 spiro atoms. The van der Waals surface area contributed by atoms with Crippen LogP contribution in [0.1, 0.15) is 23.3 Å². The van der Waals surface area contributed by atoms with Gasteiger partial charge in [0.1, 0.15) is 12.4 Å². The number of nitrogens with two attached hydrogens (primary N) is 1. The minimum atomic E-state index is -0.742. The van der Waals surface area contributed by atoms with Crippen molar-refractivity contribution in [1.29, 1.82) is 0 Å². The van der Waals surface area contributed by atoms with E-state index in [9.17, 15) is 9.90 Å². The lowest BCUT2D eigenvalue weighted by atomic mass is 10.00. The number of nitrogen functional groups attached to an aromatic ring is 1. The van der Waals surface area contributed by atoms with Crippen LogP contribution in [0, 0.1) is 0 Å². The van der Waals surface area contributed by atoms with Gasteiger partial charge in [-0.3, -0.25) is 9.69 Å². The number of rotatable bonds is 8. The third-order valence-electron chi connectivity index (χ3n) is 5.85. The number of β-amino-alcohol motifs (C(OH)–C–C–N with tert-alkyl or cyclic N) is 1. The van der Waals surface area contributed by atoms with Crippen LogP contribution in [0.3, 0.4) is 0 Å². The molecule has 2 unspecified atom stereocenters. The quantitative estimate of drug-likeness (QED) is 0.426. The van der Waals surface area contributed by atoms with E-state index < -0.39 is 6.10 Å². The molecule has 1 fully saturated rings. The number of anilines is 2. The standard InChI is InChI=1S/C26H28ClN3O4/c27-20-5-1-18(2-6-20)24-15-29(16-25(32)19-3-7-21(28)8-4-19)17-26(33)30(24)22-9-11-23(12-10-22)34-14-13-31/h1-12,24-25,31-32H,13-17,28H2. The van der Waals surface area contributed by atoms with E-state index in [0.717, 1.165) is 16.8 Å². The summed E-state index contributed by atoms with van der Waals surface area (Å²) < 4.78 is 5.45. The molecule has 0 aromatic heterocycles. The number of carbonyl (C=O) groups is 1. The number of aliphatic hydroxyl groups is 2. The summed E-state index contributed by atoms with van der Waals surface area (Å²) in [6.45, 7) is 1.19. The second-order valence-corrected chi connectivity index (χ2v) is 8.71. The molecule has 0 radical (unpaired) electrons. The number of aliphatic hydroxyl groups excluding tert-OH is 2. The Kier molecular flexibility index (Phi) is 7.70. The van der Waals surface area contributed by atoms with E-state index in [1.54, 1.807) is 41.3 Å². The number of hydrogen-bond donors (Lipinski definition) is 3. The Hall–Kier alpha value is -3.10. The molecule has 4 N–H and O–H groups in total. The molecule has 3 aromatic carbocycles. The minimum absolute atomic E-state index is 0.0664. The monoisotopic (exact) mass is 481 g/mol. The molecule has 0 saturated carbocycles. The Morgan fingerprint density at radius 2 is 1.71 bits per heavy atom. The zero-order chi connectivity index (χ0) is 24.1. The Balaban J connectivity index is 1.57. The van der Waals surface area contributed by atoms with Crippen LogP contribution in [0.25, 0.3) is 0 Å². The number of hydrogen-bond acceptors (Lipinski definition) is 6. The van der Waals surface area contributed by atoms with Crippen LogP contribution in [0.4, 0.5) is 11.4 Å². The van der Waals surface area contributed by atoms with Gasteiger partial charge in [0.25, 0.3) is 0 Å².